The number of carbonyl (C=O) groups is 1. The van der Waals surface area contributed by atoms with Crippen molar-refractivity contribution in [2.24, 2.45) is 0 Å². The zero-order valence-electron chi connectivity index (χ0n) is 12.5. The highest BCUT2D eigenvalue weighted by molar-refractivity contribution is 5.85. The molecule has 1 unspecified atom stereocenters. The Kier molecular flexibility index (Phi) is 4.62. The Hall–Kier alpha value is -2.30. The van der Waals surface area contributed by atoms with Crippen LogP contribution in [0.4, 0.5) is 0 Å². The van der Waals surface area contributed by atoms with Crippen molar-refractivity contribution < 1.29 is 14.6 Å². The van der Waals surface area contributed by atoms with Gasteiger partial charge < -0.3 is 14.4 Å². The number of methoxy groups -OCH3 is 1. The highest BCUT2D eigenvalue weighted by atomic mass is 16.5. The van der Waals surface area contributed by atoms with E-state index in [0.717, 1.165) is 24.2 Å². The maximum atomic E-state index is 11.4. The zero-order valence-corrected chi connectivity index (χ0v) is 12.5. The Balaban J connectivity index is 2.59. The summed E-state index contributed by atoms with van der Waals surface area (Å²) in [5.41, 5.74) is 1.18. The minimum absolute atomic E-state index is 0.0975. The van der Waals surface area contributed by atoms with Gasteiger partial charge in [0.05, 0.1) is 19.3 Å². The lowest BCUT2D eigenvalue weighted by Crippen LogP contribution is -2.18. The molecule has 21 heavy (non-hydrogen) atoms. The highest BCUT2D eigenvalue weighted by Gasteiger charge is 2.24. The number of para-hydroxylation sites is 1. The Bertz CT molecular complexity index is 634. The summed E-state index contributed by atoms with van der Waals surface area (Å²) in [7, 11) is 1.63. The molecule has 1 aromatic heterocycles. The van der Waals surface area contributed by atoms with Crippen molar-refractivity contribution in [3.05, 3.63) is 47.5 Å². The van der Waals surface area contributed by atoms with Gasteiger partial charge in [-0.25, -0.2) is 9.78 Å². The molecule has 0 saturated heterocycles. The Labute approximate surface area is 124 Å². The molecule has 0 aliphatic heterocycles. The molecule has 0 amide bonds. The van der Waals surface area contributed by atoms with E-state index in [9.17, 15) is 9.90 Å². The predicted molar refractivity (Wildman–Crippen MR) is 80.0 cm³/mol. The van der Waals surface area contributed by atoms with Gasteiger partial charge in [-0.2, -0.15) is 0 Å². The van der Waals surface area contributed by atoms with Gasteiger partial charge in [-0.15, -0.1) is 0 Å². The standard InChI is InChI=1S/C16H20N2O3/c1-4-7-13(12-8-5-6-9-15(12)21-3)18-11(2)17-10-14(18)16(19)20/h5-6,8-10,13H,4,7H2,1-3H3,(H,19,20). The summed E-state index contributed by atoms with van der Waals surface area (Å²) in [6.45, 7) is 3.90. The van der Waals surface area contributed by atoms with Gasteiger partial charge in [0.2, 0.25) is 0 Å². The number of carboxylic acid groups (broad SMARTS) is 1. The minimum Gasteiger partial charge on any atom is -0.496 e. The van der Waals surface area contributed by atoms with Gasteiger partial charge >= 0.3 is 5.97 Å². The molecule has 2 rings (SSSR count). The number of nitrogens with zero attached hydrogens (tertiary/aromatic N) is 2. The van der Waals surface area contributed by atoms with Crippen LogP contribution in [0.1, 0.15) is 47.7 Å². The van der Waals surface area contributed by atoms with E-state index in [1.807, 2.05) is 31.2 Å². The first-order chi connectivity index (χ1) is 10.1. The molecule has 0 aliphatic rings. The number of hydrogen-bond donors (Lipinski definition) is 1. The second kappa shape index (κ2) is 6.43. The van der Waals surface area contributed by atoms with Gasteiger partial charge in [0, 0.05) is 5.56 Å². The first-order valence-electron chi connectivity index (χ1n) is 7.00. The van der Waals surface area contributed by atoms with Gasteiger partial charge in [-0.05, 0) is 19.4 Å². The number of aryl methyl sites for hydroxylation is 1. The topological polar surface area (TPSA) is 64.3 Å². The summed E-state index contributed by atoms with van der Waals surface area (Å²) in [4.78, 5) is 15.6. The van der Waals surface area contributed by atoms with Gasteiger partial charge in [0.25, 0.3) is 0 Å². The fourth-order valence-electron chi connectivity index (χ4n) is 2.64. The third-order valence-electron chi connectivity index (χ3n) is 3.57. The Morgan fingerprint density at radius 2 is 2.14 bits per heavy atom. The number of benzene rings is 1. The maximum absolute atomic E-state index is 11.4. The minimum atomic E-state index is -0.966. The smallest absolute Gasteiger partial charge is 0.354 e. The van der Waals surface area contributed by atoms with E-state index in [0.29, 0.717) is 5.82 Å². The fourth-order valence-corrected chi connectivity index (χ4v) is 2.64. The molecule has 0 spiro atoms. The second-order valence-electron chi connectivity index (χ2n) is 4.91. The first-order valence-corrected chi connectivity index (χ1v) is 7.00. The van der Waals surface area contributed by atoms with Crippen molar-refractivity contribution >= 4 is 5.97 Å². The Morgan fingerprint density at radius 1 is 1.43 bits per heavy atom. The highest BCUT2D eigenvalue weighted by Crippen LogP contribution is 2.33. The van der Waals surface area contributed by atoms with E-state index in [-0.39, 0.29) is 11.7 Å². The molecular weight excluding hydrogens is 268 g/mol. The molecule has 0 fully saturated rings. The fraction of sp³-hybridized carbons (Fsp3) is 0.375. The van der Waals surface area contributed by atoms with Gasteiger partial charge in [-0.3, -0.25) is 0 Å². The summed E-state index contributed by atoms with van der Waals surface area (Å²) in [6.07, 6.45) is 3.16. The van der Waals surface area contributed by atoms with Crippen LogP contribution < -0.4 is 4.74 Å². The summed E-state index contributed by atoms with van der Waals surface area (Å²) in [5.74, 6) is 0.490. The summed E-state index contributed by atoms with van der Waals surface area (Å²) in [6, 6.07) is 7.62. The largest absolute Gasteiger partial charge is 0.496 e. The van der Waals surface area contributed by atoms with Crippen LogP contribution in [0.3, 0.4) is 0 Å². The quantitative estimate of drug-likeness (QED) is 0.886. The molecule has 1 N–H and O–H groups in total. The van der Waals surface area contributed by atoms with E-state index in [1.165, 1.54) is 6.20 Å². The van der Waals surface area contributed by atoms with Crippen molar-refractivity contribution in [1.29, 1.82) is 0 Å². The zero-order chi connectivity index (χ0) is 15.4. The number of carboxylic acids is 1. The van der Waals surface area contributed by atoms with E-state index < -0.39 is 5.97 Å². The average Bonchev–Trinajstić information content (AvgIpc) is 2.86. The van der Waals surface area contributed by atoms with Crippen LogP contribution in [0.5, 0.6) is 5.75 Å². The molecule has 2 aromatic rings. The lowest BCUT2D eigenvalue weighted by molar-refractivity contribution is 0.0683. The van der Waals surface area contributed by atoms with E-state index in [4.69, 9.17) is 4.74 Å². The van der Waals surface area contributed by atoms with Crippen molar-refractivity contribution in [1.82, 2.24) is 9.55 Å². The van der Waals surface area contributed by atoms with E-state index >= 15 is 0 Å². The summed E-state index contributed by atoms with van der Waals surface area (Å²) >= 11 is 0. The molecule has 0 aliphatic carbocycles. The molecule has 0 radical (unpaired) electrons. The summed E-state index contributed by atoms with van der Waals surface area (Å²) < 4.78 is 7.21. The molecule has 0 bridgehead atoms. The van der Waals surface area contributed by atoms with Crippen molar-refractivity contribution in [3.63, 3.8) is 0 Å². The van der Waals surface area contributed by atoms with Crippen molar-refractivity contribution in [3.8, 4) is 5.75 Å². The number of aromatic nitrogens is 2. The molecule has 112 valence electrons. The van der Waals surface area contributed by atoms with Crippen LogP contribution in [-0.4, -0.2) is 27.7 Å². The molecule has 5 nitrogen and oxygen atoms in total. The third-order valence-corrected chi connectivity index (χ3v) is 3.57. The lowest BCUT2D eigenvalue weighted by Gasteiger charge is -2.23. The van der Waals surface area contributed by atoms with E-state index in [1.54, 1.807) is 11.7 Å². The maximum Gasteiger partial charge on any atom is 0.354 e. The average molecular weight is 288 g/mol. The van der Waals surface area contributed by atoms with Crippen LogP contribution in [0.25, 0.3) is 0 Å². The van der Waals surface area contributed by atoms with Crippen LogP contribution in [0, 0.1) is 6.92 Å². The SMILES string of the molecule is CCCC(c1ccccc1OC)n1c(C(=O)O)cnc1C. The first kappa shape index (κ1) is 15.1. The van der Waals surface area contributed by atoms with Gasteiger partial charge in [0.15, 0.2) is 0 Å². The Morgan fingerprint density at radius 3 is 2.76 bits per heavy atom. The predicted octanol–water partition coefficient (Wildman–Crippen LogP) is 3.29. The lowest BCUT2D eigenvalue weighted by atomic mass is 10.0. The molecule has 0 saturated carbocycles. The number of aromatic carboxylic acids is 1. The molecule has 1 aromatic carbocycles. The normalized spacial score (nSPS) is 12.1. The van der Waals surface area contributed by atoms with Crippen LogP contribution >= 0.6 is 0 Å². The number of imidazole rings is 1. The van der Waals surface area contributed by atoms with Crippen LogP contribution in [-0.2, 0) is 0 Å². The van der Waals surface area contributed by atoms with Crippen molar-refractivity contribution in [2.75, 3.05) is 7.11 Å². The third kappa shape index (κ3) is 2.91. The molecule has 1 atom stereocenters. The van der Waals surface area contributed by atoms with Crippen molar-refractivity contribution in [2.45, 2.75) is 32.7 Å². The van der Waals surface area contributed by atoms with Crippen LogP contribution in [0.15, 0.2) is 30.5 Å². The number of rotatable bonds is 6. The second-order valence-corrected chi connectivity index (χ2v) is 4.91. The number of hydrogen-bond acceptors (Lipinski definition) is 3. The van der Waals surface area contributed by atoms with Crippen LogP contribution in [0.2, 0.25) is 0 Å². The van der Waals surface area contributed by atoms with Gasteiger partial charge in [-0.1, -0.05) is 31.5 Å². The van der Waals surface area contributed by atoms with E-state index in [2.05, 4.69) is 11.9 Å². The molecular formula is C16H20N2O3. The van der Waals surface area contributed by atoms with Gasteiger partial charge in [0.1, 0.15) is 17.3 Å². The monoisotopic (exact) mass is 288 g/mol. The summed E-state index contributed by atoms with van der Waals surface area (Å²) in [5, 5.41) is 9.38. The molecule has 1 heterocycles. The number of ether oxygens (including phenoxy) is 1. The molecule has 5 heteroatoms.